The van der Waals surface area contributed by atoms with E-state index in [9.17, 15) is 26.3 Å². The van der Waals surface area contributed by atoms with Crippen molar-refractivity contribution in [2.75, 3.05) is 6.61 Å². The second kappa shape index (κ2) is 10.8. The quantitative estimate of drug-likeness (QED) is 0.246. The molecular weight excluding hydrogens is 462 g/mol. The molecule has 3 nitrogen and oxygen atoms in total. The molecule has 188 valence electrons. The fourth-order valence-electron chi connectivity index (χ4n) is 4.12. The third-order valence-electron chi connectivity index (χ3n) is 6.01. The summed E-state index contributed by atoms with van der Waals surface area (Å²) >= 11 is 0. The van der Waals surface area contributed by atoms with Gasteiger partial charge in [-0.1, -0.05) is 6.08 Å². The Morgan fingerprint density at radius 2 is 1.65 bits per heavy atom. The lowest BCUT2D eigenvalue weighted by atomic mass is 9.90. The van der Waals surface area contributed by atoms with Crippen molar-refractivity contribution in [3.05, 3.63) is 65.7 Å². The Labute approximate surface area is 195 Å². The second-order valence-electron chi connectivity index (χ2n) is 8.43. The van der Waals surface area contributed by atoms with Crippen LogP contribution in [0.4, 0.5) is 26.3 Å². The zero-order valence-electron chi connectivity index (χ0n) is 18.9. The van der Waals surface area contributed by atoms with Gasteiger partial charge in [-0.25, -0.2) is 4.39 Å². The molecule has 0 amide bonds. The molecule has 0 radical (unpaired) electrons. The summed E-state index contributed by atoms with van der Waals surface area (Å²) in [5.74, 6) is -4.73. The SMILES string of the molecule is C=CCC1CC=C(OC(F)(F)C2CC=C(OC(F)(F)c3ccc(OCC)c(F)c3F)CC2)CC1. The average molecular weight is 490 g/mol. The van der Waals surface area contributed by atoms with Crippen LogP contribution in [0.1, 0.15) is 57.4 Å². The van der Waals surface area contributed by atoms with Crippen molar-refractivity contribution in [1.29, 1.82) is 0 Å². The van der Waals surface area contributed by atoms with E-state index in [0.29, 0.717) is 24.8 Å². The minimum Gasteiger partial charge on any atom is -0.491 e. The van der Waals surface area contributed by atoms with E-state index in [1.54, 1.807) is 12.2 Å². The van der Waals surface area contributed by atoms with Crippen LogP contribution >= 0.6 is 0 Å². The molecule has 0 aliphatic heterocycles. The van der Waals surface area contributed by atoms with Crippen LogP contribution in [0.3, 0.4) is 0 Å². The lowest BCUT2D eigenvalue weighted by Crippen LogP contribution is -2.33. The van der Waals surface area contributed by atoms with Gasteiger partial charge in [0.05, 0.1) is 24.0 Å². The maximum Gasteiger partial charge on any atom is 0.429 e. The number of benzene rings is 1. The number of hydrogen-bond donors (Lipinski definition) is 0. The number of alkyl halides is 4. The van der Waals surface area contributed by atoms with Gasteiger partial charge in [0, 0.05) is 12.8 Å². The van der Waals surface area contributed by atoms with E-state index in [1.807, 2.05) is 0 Å². The van der Waals surface area contributed by atoms with Crippen LogP contribution in [-0.2, 0) is 15.6 Å². The summed E-state index contributed by atoms with van der Waals surface area (Å²) < 4.78 is 101. The second-order valence-corrected chi connectivity index (χ2v) is 8.43. The molecule has 1 aromatic carbocycles. The van der Waals surface area contributed by atoms with Crippen molar-refractivity contribution >= 4 is 0 Å². The molecule has 2 unspecified atom stereocenters. The van der Waals surface area contributed by atoms with Gasteiger partial charge in [-0.15, -0.1) is 6.58 Å². The van der Waals surface area contributed by atoms with Crippen molar-refractivity contribution in [2.45, 2.75) is 64.1 Å². The molecule has 9 heteroatoms. The molecule has 0 saturated carbocycles. The molecule has 1 aromatic rings. The van der Waals surface area contributed by atoms with Crippen LogP contribution in [0.5, 0.6) is 5.75 Å². The number of halogens is 6. The Balaban J connectivity index is 1.62. The Bertz CT molecular complexity index is 941. The van der Waals surface area contributed by atoms with Gasteiger partial charge in [-0.05, 0) is 69.2 Å². The molecule has 0 N–H and O–H groups in total. The van der Waals surface area contributed by atoms with Gasteiger partial charge in [0.15, 0.2) is 11.6 Å². The maximum absolute atomic E-state index is 14.7. The molecular formula is C25H28F6O3. The maximum atomic E-state index is 14.7. The van der Waals surface area contributed by atoms with E-state index in [2.05, 4.69) is 11.3 Å². The van der Waals surface area contributed by atoms with Crippen LogP contribution in [-0.4, -0.2) is 12.7 Å². The molecule has 34 heavy (non-hydrogen) atoms. The number of ether oxygens (including phenoxy) is 3. The molecule has 0 heterocycles. The summed E-state index contributed by atoms with van der Waals surface area (Å²) in [7, 11) is 0. The van der Waals surface area contributed by atoms with Crippen molar-refractivity contribution in [1.82, 2.24) is 0 Å². The first-order chi connectivity index (χ1) is 16.1. The van der Waals surface area contributed by atoms with Gasteiger partial charge in [-0.2, -0.15) is 22.0 Å². The van der Waals surface area contributed by atoms with E-state index in [4.69, 9.17) is 9.47 Å². The molecule has 0 bridgehead atoms. The minimum atomic E-state index is -4.19. The first kappa shape index (κ1) is 26.0. The van der Waals surface area contributed by atoms with E-state index in [-0.39, 0.29) is 37.4 Å². The third kappa shape index (κ3) is 6.10. The van der Waals surface area contributed by atoms with Gasteiger partial charge in [0.2, 0.25) is 5.82 Å². The molecule has 2 aliphatic rings. The van der Waals surface area contributed by atoms with Crippen molar-refractivity contribution in [3.63, 3.8) is 0 Å². The number of hydrogen-bond acceptors (Lipinski definition) is 3. The minimum absolute atomic E-state index is 0.0259. The van der Waals surface area contributed by atoms with Crippen LogP contribution in [0, 0.1) is 23.5 Å². The monoisotopic (exact) mass is 490 g/mol. The smallest absolute Gasteiger partial charge is 0.429 e. The zero-order chi connectivity index (χ0) is 24.9. The predicted molar refractivity (Wildman–Crippen MR) is 114 cm³/mol. The standard InChI is InChI=1S/C25H28F6O3/c1-3-5-16-6-10-18(11-7-16)33-24(28,29)17-8-12-19(13-9-17)34-25(30,31)20-14-15-21(32-4-2)23(27)22(20)26/h3,10,12,14-17H,1,4-9,11,13H2,2H3. The fraction of sp³-hybridized carbons (Fsp3) is 0.520. The van der Waals surface area contributed by atoms with Gasteiger partial charge in [0.1, 0.15) is 5.56 Å². The molecule has 3 rings (SSSR count). The summed E-state index contributed by atoms with van der Waals surface area (Å²) in [4.78, 5) is 0. The highest BCUT2D eigenvalue weighted by atomic mass is 19.3. The van der Waals surface area contributed by atoms with Crippen molar-refractivity contribution < 1.29 is 40.6 Å². The largest absolute Gasteiger partial charge is 0.491 e. The van der Waals surface area contributed by atoms with Crippen molar-refractivity contribution in [3.8, 4) is 5.75 Å². The van der Waals surface area contributed by atoms with Crippen LogP contribution in [0.2, 0.25) is 0 Å². The van der Waals surface area contributed by atoms with Gasteiger partial charge in [-0.3, -0.25) is 0 Å². The first-order valence-corrected chi connectivity index (χ1v) is 11.3. The normalized spacial score (nSPS) is 21.4. The zero-order valence-corrected chi connectivity index (χ0v) is 18.9. The van der Waals surface area contributed by atoms with Gasteiger partial charge >= 0.3 is 12.2 Å². The van der Waals surface area contributed by atoms with E-state index >= 15 is 0 Å². The van der Waals surface area contributed by atoms with Crippen LogP contribution in [0.15, 0.2) is 48.5 Å². The fourth-order valence-corrected chi connectivity index (χ4v) is 4.12. The topological polar surface area (TPSA) is 27.7 Å². The van der Waals surface area contributed by atoms with E-state index in [1.165, 1.54) is 6.92 Å². The molecule has 0 spiro atoms. The molecule has 2 aliphatic carbocycles. The molecule has 0 fully saturated rings. The number of allylic oxidation sites excluding steroid dienone is 5. The van der Waals surface area contributed by atoms with Gasteiger partial charge in [0.25, 0.3) is 0 Å². The van der Waals surface area contributed by atoms with Gasteiger partial charge < -0.3 is 14.2 Å². The summed E-state index contributed by atoms with van der Waals surface area (Å²) in [6, 6.07) is 1.56. The van der Waals surface area contributed by atoms with E-state index in [0.717, 1.165) is 25.0 Å². The highest BCUT2D eigenvalue weighted by molar-refractivity contribution is 5.33. The van der Waals surface area contributed by atoms with E-state index < -0.39 is 41.1 Å². The molecule has 0 aromatic heterocycles. The molecule has 2 atom stereocenters. The molecule has 0 saturated heterocycles. The summed E-state index contributed by atoms with van der Waals surface area (Å²) in [6.07, 6.45) is -1.12. The summed E-state index contributed by atoms with van der Waals surface area (Å²) in [5.41, 5.74) is -1.30. The van der Waals surface area contributed by atoms with Crippen LogP contribution in [0.25, 0.3) is 0 Å². The number of rotatable bonds is 10. The summed E-state index contributed by atoms with van der Waals surface area (Å²) in [5, 5.41) is 0. The Kier molecular flexibility index (Phi) is 8.25. The Hall–Kier alpha value is -2.58. The Morgan fingerprint density at radius 1 is 0.971 bits per heavy atom. The predicted octanol–water partition coefficient (Wildman–Crippen LogP) is 7.98. The Morgan fingerprint density at radius 3 is 2.24 bits per heavy atom. The summed E-state index contributed by atoms with van der Waals surface area (Å²) in [6.45, 7) is 5.24. The van der Waals surface area contributed by atoms with Crippen LogP contribution < -0.4 is 4.74 Å². The lowest BCUT2D eigenvalue weighted by molar-refractivity contribution is -0.256. The highest BCUT2D eigenvalue weighted by Gasteiger charge is 2.45. The average Bonchev–Trinajstić information content (AvgIpc) is 2.78. The lowest BCUT2D eigenvalue weighted by Gasteiger charge is -2.32. The first-order valence-electron chi connectivity index (χ1n) is 11.3. The highest BCUT2D eigenvalue weighted by Crippen LogP contribution is 2.43. The van der Waals surface area contributed by atoms with Crippen molar-refractivity contribution in [2.24, 2.45) is 11.8 Å². The third-order valence-corrected chi connectivity index (χ3v) is 6.01.